The highest BCUT2D eigenvalue weighted by Crippen LogP contribution is 2.39. The van der Waals surface area contributed by atoms with Crippen molar-refractivity contribution >= 4 is 24.0 Å². The molecule has 0 saturated heterocycles. The van der Waals surface area contributed by atoms with Crippen molar-refractivity contribution in [3.05, 3.63) is 59.2 Å². The molecule has 49 heavy (non-hydrogen) atoms. The Morgan fingerprint density at radius 3 is 1.78 bits per heavy atom. The molecule has 0 radical (unpaired) electrons. The van der Waals surface area contributed by atoms with Gasteiger partial charge in [0.15, 0.2) is 34.5 Å². The fourth-order valence-electron chi connectivity index (χ4n) is 4.65. The van der Waals surface area contributed by atoms with Gasteiger partial charge in [-0.3, -0.25) is 9.59 Å². The molecule has 0 fully saturated rings. The number of esters is 1. The SMILES string of the molecule is CCOc1cc(/C=N/NC(=O)CCCCCNC(=O)c2cc(OC)c(OC)c(OC)c2)ccc1OC(=O)c1cc(OC)c(OC)c(OC)c1. The summed E-state index contributed by atoms with van der Waals surface area (Å²) < 4.78 is 43.2. The number of carbonyl (C=O) groups excluding carboxylic acids is 3. The maximum atomic E-state index is 13.0. The third kappa shape index (κ3) is 10.4. The normalized spacial score (nSPS) is 10.6. The lowest BCUT2D eigenvalue weighted by molar-refractivity contribution is -0.121. The first-order valence-corrected chi connectivity index (χ1v) is 15.4. The molecular weight excluding hydrogens is 638 g/mol. The van der Waals surface area contributed by atoms with Crippen molar-refractivity contribution < 1.29 is 52.3 Å². The molecule has 2 N–H and O–H groups in total. The monoisotopic (exact) mass is 681 g/mol. The van der Waals surface area contributed by atoms with Crippen LogP contribution < -0.4 is 48.6 Å². The fourth-order valence-corrected chi connectivity index (χ4v) is 4.65. The zero-order valence-corrected chi connectivity index (χ0v) is 28.8. The number of carbonyl (C=O) groups is 3. The summed E-state index contributed by atoms with van der Waals surface area (Å²) in [6.07, 6.45) is 3.74. The molecule has 0 spiro atoms. The van der Waals surface area contributed by atoms with Gasteiger partial charge in [0.2, 0.25) is 17.4 Å². The standard InChI is InChI=1S/C35H43N3O11/c1-8-48-26-16-22(13-14-25(26)49-35(41)24-19-29(44-4)33(47-7)30(20-24)45-5)21-37-38-31(39)12-10-9-11-15-36-34(40)23-17-27(42-2)32(46-6)28(18-23)43-3/h13-14,16-21H,8-12,15H2,1-7H3,(H,36,40)(H,38,39)/b37-21+. The summed E-state index contributed by atoms with van der Waals surface area (Å²) in [6.45, 7) is 2.56. The van der Waals surface area contributed by atoms with Crippen LogP contribution in [0, 0.1) is 0 Å². The first-order chi connectivity index (χ1) is 23.7. The van der Waals surface area contributed by atoms with Crippen LogP contribution in [0.2, 0.25) is 0 Å². The second-order valence-corrected chi connectivity index (χ2v) is 10.2. The number of ether oxygens (including phenoxy) is 8. The van der Waals surface area contributed by atoms with Crippen molar-refractivity contribution in [2.24, 2.45) is 5.10 Å². The first-order valence-electron chi connectivity index (χ1n) is 15.4. The predicted octanol–water partition coefficient (Wildman–Crippen LogP) is 4.80. The number of methoxy groups -OCH3 is 6. The maximum Gasteiger partial charge on any atom is 0.343 e. The number of nitrogens with zero attached hydrogens (tertiary/aromatic N) is 1. The Labute approximate surface area is 285 Å². The molecule has 14 nitrogen and oxygen atoms in total. The van der Waals surface area contributed by atoms with Crippen LogP contribution in [0.1, 0.15) is 58.9 Å². The number of benzene rings is 3. The highest BCUT2D eigenvalue weighted by molar-refractivity contribution is 5.95. The van der Waals surface area contributed by atoms with Gasteiger partial charge >= 0.3 is 5.97 Å². The van der Waals surface area contributed by atoms with E-state index in [1.54, 1.807) is 37.3 Å². The van der Waals surface area contributed by atoms with Gasteiger partial charge in [0, 0.05) is 18.5 Å². The van der Waals surface area contributed by atoms with Crippen LogP contribution in [0.4, 0.5) is 0 Å². The van der Waals surface area contributed by atoms with Crippen molar-refractivity contribution in [1.29, 1.82) is 0 Å². The highest BCUT2D eigenvalue weighted by Gasteiger charge is 2.20. The van der Waals surface area contributed by atoms with E-state index in [9.17, 15) is 14.4 Å². The average molecular weight is 682 g/mol. The average Bonchev–Trinajstić information content (AvgIpc) is 3.12. The summed E-state index contributed by atoms with van der Waals surface area (Å²) in [6, 6.07) is 11.0. The molecule has 14 heteroatoms. The van der Waals surface area contributed by atoms with Crippen LogP contribution in [0.5, 0.6) is 46.0 Å². The zero-order chi connectivity index (χ0) is 35.8. The third-order valence-electron chi connectivity index (χ3n) is 7.07. The minimum absolute atomic E-state index is 0.186. The zero-order valence-electron chi connectivity index (χ0n) is 28.8. The van der Waals surface area contributed by atoms with E-state index in [4.69, 9.17) is 37.9 Å². The topological polar surface area (TPSA) is 161 Å². The number of hydrogen-bond acceptors (Lipinski definition) is 12. The molecule has 3 aromatic rings. The van der Waals surface area contributed by atoms with Gasteiger partial charge in [-0.1, -0.05) is 6.42 Å². The van der Waals surface area contributed by atoms with E-state index >= 15 is 0 Å². The van der Waals surface area contributed by atoms with Gasteiger partial charge in [0.05, 0.1) is 61.0 Å². The van der Waals surface area contributed by atoms with Crippen LogP contribution in [0.3, 0.4) is 0 Å². The lowest BCUT2D eigenvalue weighted by atomic mass is 10.1. The molecule has 0 bridgehead atoms. The maximum absolute atomic E-state index is 13.0. The van der Waals surface area contributed by atoms with Gasteiger partial charge in [-0.2, -0.15) is 5.10 Å². The molecule has 3 aromatic carbocycles. The minimum Gasteiger partial charge on any atom is -0.493 e. The Morgan fingerprint density at radius 2 is 1.24 bits per heavy atom. The summed E-state index contributed by atoms with van der Waals surface area (Å²) in [5, 5.41) is 6.90. The van der Waals surface area contributed by atoms with E-state index in [1.807, 2.05) is 0 Å². The Morgan fingerprint density at radius 1 is 0.673 bits per heavy atom. The third-order valence-corrected chi connectivity index (χ3v) is 7.07. The Bertz CT molecular complexity index is 1570. The van der Waals surface area contributed by atoms with Crippen molar-refractivity contribution in [1.82, 2.24) is 10.7 Å². The second-order valence-electron chi connectivity index (χ2n) is 10.2. The molecule has 0 saturated carbocycles. The molecule has 0 aliphatic heterocycles. The van der Waals surface area contributed by atoms with E-state index in [0.717, 1.165) is 6.42 Å². The van der Waals surface area contributed by atoms with Crippen LogP contribution in [-0.2, 0) is 4.79 Å². The first kappa shape index (κ1) is 37.8. The van der Waals surface area contributed by atoms with Gasteiger partial charge < -0.3 is 43.2 Å². The van der Waals surface area contributed by atoms with Crippen molar-refractivity contribution in [3.63, 3.8) is 0 Å². The Balaban J connectivity index is 1.47. The number of hydrazone groups is 1. The minimum atomic E-state index is -0.658. The van der Waals surface area contributed by atoms with E-state index in [1.165, 1.54) is 61.0 Å². The van der Waals surface area contributed by atoms with Crippen molar-refractivity contribution in [2.75, 3.05) is 55.8 Å². The molecule has 0 heterocycles. The van der Waals surface area contributed by atoms with Crippen molar-refractivity contribution in [2.45, 2.75) is 32.6 Å². The second kappa shape index (κ2) is 19.2. The molecule has 0 aromatic heterocycles. The number of unbranched alkanes of at least 4 members (excludes halogenated alkanes) is 2. The molecule has 0 unspecified atom stereocenters. The number of nitrogens with one attached hydrogen (secondary N) is 2. The molecule has 0 aliphatic carbocycles. The molecule has 3 rings (SSSR count). The molecule has 0 aliphatic rings. The summed E-state index contributed by atoms with van der Waals surface area (Å²) in [5.74, 6) is 1.49. The van der Waals surface area contributed by atoms with Crippen molar-refractivity contribution in [3.8, 4) is 46.0 Å². The summed E-state index contributed by atoms with van der Waals surface area (Å²) >= 11 is 0. The summed E-state index contributed by atoms with van der Waals surface area (Å²) in [7, 11) is 8.84. The predicted molar refractivity (Wildman–Crippen MR) is 181 cm³/mol. The largest absolute Gasteiger partial charge is 0.493 e. The van der Waals surface area contributed by atoms with E-state index in [2.05, 4.69) is 15.8 Å². The number of amides is 2. The van der Waals surface area contributed by atoms with Crippen LogP contribution >= 0.6 is 0 Å². The molecular formula is C35H43N3O11. The smallest absolute Gasteiger partial charge is 0.343 e. The Kier molecular flexibility index (Phi) is 14.8. The van der Waals surface area contributed by atoms with E-state index in [-0.39, 0.29) is 29.5 Å². The number of rotatable bonds is 19. The van der Waals surface area contributed by atoms with Crippen LogP contribution in [-0.4, -0.2) is 79.8 Å². The Hall–Kier alpha value is -5.66. The van der Waals surface area contributed by atoms with Gasteiger partial charge in [-0.15, -0.1) is 0 Å². The lowest BCUT2D eigenvalue weighted by Crippen LogP contribution is -2.24. The molecule has 2 amide bonds. The van der Waals surface area contributed by atoms with Gasteiger partial charge in [-0.05, 0) is 67.8 Å². The quantitative estimate of drug-likeness (QED) is 0.0588. The van der Waals surface area contributed by atoms with Crippen LogP contribution in [0.25, 0.3) is 0 Å². The molecule has 264 valence electrons. The van der Waals surface area contributed by atoms with E-state index < -0.39 is 5.97 Å². The van der Waals surface area contributed by atoms with Gasteiger partial charge in [0.25, 0.3) is 5.91 Å². The molecule has 0 atom stereocenters. The van der Waals surface area contributed by atoms with Crippen LogP contribution in [0.15, 0.2) is 47.6 Å². The lowest BCUT2D eigenvalue weighted by Gasteiger charge is -2.15. The highest BCUT2D eigenvalue weighted by atomic mass is 16.6. The number of hydrogen-bond donors (Lipinski definition) is 2. The summed E-state index contributed by atoms with van der Waals surface area (Å²) in [5.41, 5.74) is 3.69. The van der Waals surface area contributed by atoms with Gasteiger partial charge in [-0.25, -0.2) is 10.2 Å². The summed E-state index contributed by atoms with van der Waals surface area (Å²) in [4.78, 5) is 37.9. The fraction of sp³-hybridized carbons (Fsp3) is 0.371. The van der Waals surface area contributed by atoms with E-state index in [0.29, 0.717) is 77.4 Å². The van der Waals surface area contributed by atoms with Gasteiger partial charge in [0.1, 0.15) is 0 Å².